The van der Waals surface area contributed by atoms with Crippen molar-refractivity contribution in [2.75, 3.05) is 26.2 Å². The number of nitrogens with zero attached hydrogens (tertiary/aromatic N) is 4. The van der Waals surface area contributed by atoms with Crippen molar-refractivity contribution >= 4 is 10.0 Å². The molecule has 2 aliphatic rings. The Kier molecular flexibility index (Phi) is 5.08. The van der Waals surface area contributed by atoms with E-state index in [1.54, 1.807) is 15.2 Å². The van der Waals surface area contributed by atoms with Gasteiger partial charge in [0.1, 0.15) is 4.90 Å². The molecule has 7 heteroatoms. The zero-order valence-electron chi connectivity index (χ0n) is 14.2. The lowest BCUT2D eigenvalue weighted by Gasteiger charge is -2.40. The smallest absolute Gasteiger partial charge is 0.246 e. The van der Waals surface area contributed by atoms with Gasteiger partial charge in [0, 0.05) is 31.4 Å². The molecule has 0 radical (unpaired) electrons. The molecule has 0 unspecified atom stereocenters. The average Bonchev–Trinajstić information content (AvgIpc) is 3.07. The maximum Gasteiger partial charge on any atom is 0.246 e. The van der Waals surface area contributed by atoms with Crippen LogP contribution >= 0.6 is 0 Å². The molecule has 0 amide bonds. The van der Waals surface area contributed by atoms with Crippen molar-refractivity contribution < 1.29 is 8.42 Å². The fraction of sp³-hybridized carbons (Fsp3) is 0.812. The van der Waals surface area contributed by atoms with E-state index in [0.29, 0.717) is 24.0 Å². The number of hydrogen-bond acceptors (Lipinski definition) is 4. The summed E-state index contributed by atoms with van der Waals surface area (Å²) in [4.78, 5) is 2.81. The summed E-state index contributed by atoms with van der Waals surface area (Å²) in [5, 5.41) is 4.19. The zero-order valence-corrected chi connectivity index (χ0v) is 15.0. The van der Waals surface area contributed by atoms with Gasteiger partial charge in [-0.1, -0.05) is 6.42 Å². The van der Waals surface area contributed by atoms with Gasteiger partial charge < -0.3 is 0 Å². The maximum atomic E-state index is 12.9. The molecule has 1 aromatic rings. The predicted molar refractivity (Wildman–Crippen MR) is 89.8 cm³/mol. The third-order valence-electron chi connectivity index (χ3n) is 5.01. The van der Waals surface area contributed by atoms with Crippen LogP contribution in [-0.2, 0) is 10.0 Å². The maximum absolute atomic E-state index is 12.9. The molecule has 3 rings (SSSR count). The third-order valence-corrected chi connectivity index (χ3v) is 6.83. The number of hydrogen-bond donors (Lipinski definition) is 0. The van der Waals surface area contributed by atoms with Crippen molar-refractivity contribution in [1.82, 2.24) is 19.0 Å². The van der Waals surface area contributed by atoms with E-state index in [1.165, 1.54) is 25.5 Å². The first-order valence-corrected chi connectivity index (χ1v) is 10.2. The van der Waals surface area contributed by atoms with Crippen LogP contribution in [0.1, 0.15) is 52.0 Å². The van der Waals surface area contributed by atoms with Crippen LogP contribution in [0.2, 0.25) is 0 Å². The van der Waals surface area contributed by atoms with E-state index >= 15 is 0 Å². The Labute approximate surface area is 139 Å². The van der Waals surface area contributed by atoms with E-state index < -0.39 is 10.0 Å². The fourth-order valence-electron chi connectivity index (χ4n) is 3.61. The molecule has 23 heavy (non-hydrogen) atoms. The van der Waals surface area contributed by atoms with E-state index in [-0.39, 0.29) is 6.04 Å². The molecule has 0 spiro atoms. The van der Waals surface area contributed by atoms with E-state index in [1.807, 2.05) is 13.8 Å². The summed E-state index contributed by atoms with van der Waals surface area (Å²) in [5.74, 6) is 0. The minimum atomic E-state index is -3.42. The summed E-state index contributed by atoms with van der Waals surface area (Å²) in [6.45, 7) is 7.47. The van der Waals surface area contributed by atoms with Crippen molar-refractivity contribution in [2.45, 2.75) is 62.9 Å². The zero-order chi connectivity index (χ0) is 16.4. The molecule has 0 bridgehead atoms. The van der Waals surface area contributed by atoms with Crippen LogP contribution < -0.4 is 0 Å². The molecule has 2 fully saturated rings. The Bertz CT molecular complexity index is 620. The van der Waals surface area contributed by atoms with Crippen LogP contribution in [0.25, 0.3) is 0 Å². The highest BCUT2D eigenvalue weighted by Crippen LogP contribution is 2.25. The molecule has 2 aliphatic heterocycles. The second kappa shape index (κ2) is 6.91. The first-order valence-electron chi connectivity index (χ1n) is 8.77. The molecular weight excluding hydrogens is 312 g/mol. The normalized spacial score (nSPS) is 25.1. The standard InChI is InChI=1S/C16H28N4O2S/c1-14(2)20-13-16(11-17-20)23(21,22)19-10-6-7-15(12-19)18-8-4-3-5-9-18/h11,13-15H,3-10,12H2,1-2H3/t15-/m0/s1. The Morgan fingerprint density at radius 1 is 1.13 bits per heavy atom. The molecule has 0 saturated carbocycles. The molecule has 1 atom stereocenters. The Hall–Kier alpha value is -0.920. The highest BCUT2D eigenvalue weighted by atomic mass is 32.2. The van der Waals surface area contributed by atoms with E-state index in [2.05, 4.69) is 10.00 Å². The van der Waals surface area contributed by atoms with Crippen molar-refractivity contribution in [2.24, 2.45) is 0 Å². The predicted octanol–water partition coefficient (Wildman–Crippen LogP) is 2.10. The number of aromatic nitrogens is 2. The summed E-state index contributed by atoms with van der Waals surface area (Å²) in [6, 6.07) is 0.542. The van der Waals surface area contributed by atoms with Gasteiger partial charge in [-0.3, -0.25) is 9.58 Å². The molecule has 0 aliphatic carbocycles. The van der Waals surface area contributed by atoms with Crippen molar-refractivity contribution in [1.29, 1.82) is 0 Å². The highest BCUT2D eigenvalue weighted by molar-refractivity contribution is 7.89. The SMILES string of the molecule is CC(C)n1cc(S(=O)(=O)N2CCC[C@H](N3CCCCC3)C2)cn1. The van der Waals surface area contributed by atoms with Gasteiger partial charge in [-0.05, 0) is 52.6 Å². The molecular formula is C16H28N4O2S. The fourth-order valence-corrected chi connectivity index (χ4v) is 5.06. The second-order valence-electron chi connectivity index (χ2n) is 7.01. The molecule has 6 nitrogen and oxygen atoms in total. The van der Waals surface area contributed by atoms with Gasteiger partial charge in [-0.15, -0.1) is 0 Å². The highest BCUT2D eigenvalue weighted by Gasteiger charge is 2.33. The number of rotatable bonds is 4. The molecule has 0 aromatic carbocycles. The lowest BCUT2D eigenvalue weighted by molar-refractivity contribution is 0.114. The average molecular weight is 340 g/mol. The van der Waals surface area contributed by atoms with Crippen LogP contribution in [0.5, 0.6) is 0 Å². The van der Waals surface area contributed by atoms with E-state index in [0.717, 1.165) is 25.9 Å². The topological polar surface area (TPSA) is 58.4 Å². The molecule has 1 aromatic heterocycles. The first kappa shape index (κ1) is 16.9. The molecule has 0 N–H and O–H groups in total. The van der Waals surface area contributed by atoms with Crippen molar-refractivity contribution in [3.05, 3.63) is 12.4 Å². The Morgan fingerprint density at radius 2 is 1.87 bits per heavy atom. The summed E-state index contributed by atoms with van der Waals surface area (Å²) in [5.41, 5.74) is 0. The van der Waals surface area contributed by atoms with Gasteiger partial charge >= 0.3 is 0 Å². The third kappa shape index (κ3) is 3.61. The number of likely N-dealkylation sites (tertiary alicyclic amines) is 1. The van der Waals surface area contributed by atoms with Gasteiger partial charge in [0.05, 0.1) is 6.20 Å². The monoisotopic (exact) mass is 340 g/mol. The molecule has 2 saturated heterocycles. The van der Waals surface area contributed by atoms with E-state index in [4.69, 9.17) is 0 Å². The Balaban J connectivity index is 1.73. The van der Waals surface area contributed by atoms with Gasteiger partial charge in [0.25, 0.3) is 0 Å². The van der Waals surface area contributed by atoms with E-state index in [9.17, 15) is 8.42 Å². The molecule has 130 valence electrons. The van der Waals surface area contributed by atoms with Gasteiger partial charge in [0.2, 0.25) is 10.0 Å². The lowest BCUT2D eigenvalue weighted by atomic mass is 10.0. The van der Waals surface area contributed by atoms with Crippen molar-refractivity contribution in [3.8, 4) is 0 Å². The number of sulfonamides is 1. The van der Waals surface area contributed by atoms with Crippen LogP contribution in [0.15, 0.2) is 17.3 Å². The Morgan fingerprint density at radius 3 is 2.52 bits per heavy atom. The van der Waals surface area contributed by atoms with Crippen LogP contribution in [0, 0.1) is 0 Å². The summed E-state index contributed by atoms with van der Waals surface area (Å²) >= 11 is 0. The quantitative estimate of drug-likeness (QED) is 0.842. The van der Waals surface area contributed by atoms with Crippen LogP contribution in [0.4, 0.5) is 0 Å². The summed E-state index contributed by atoms with van der Waals surface area (Å²) in [7, 11) is -3.42. The van der Waals surface area contributed by atoms with Gasteiger partial charge in [-0.2, -0.15) is 9.40 Å². The van der Waals surface area contributed by atoms with Gasteiger partial charge in [-0.25, -0.2) is 8.42 Å². The van der Waals surface area contributed by atoms with Crippen LogP contribution in [-0.4, -0.2) is 59.6 Å². The second-order valence-corrected chi connectivity index (χ2v) is 8.94. The summed E-state index contributed by atoms with van der Waals surface area (Å²) in [6.07, 6.45) is 8.98. The van der Waals surface area contributed by atoms with Crippen molar-refractivity contribution in [3.63, 3.8) is 0 Å². The van der Waals surface area contributed by atoms with Gasteiger partial charge in [0.15, 0.2) is 0 Å². The largest absolute Gasteiger partial charge is 0.299 e. The minimum absolute atomic E-state index is 0.168. The van der Waals surface area contributed by atoms with Crippen LogP contribution in [0.3, 0.4) is 0 Å². The molecule has 3 heterocycles. The first-order chi connectivity index (χ1) is 11.0. The minimum Gasteiger partial charge on any atom is -0.299 e. The summed E-state index contributed by atoms with van der Waals surface area (Å²) < 4.78 is 29.2. The number of piperidine rings is 2. The lowest BCUT2D eigenvalue weighted by Crippen LogP contribution is -2.51.